The third kappa shape index (κ3) is 3.77. The van der Waals surface area contributed by atoms with E-state index < -0.39 is 35.1 Å². The summed E-state index contributed by atoms with van der Waals surface area (Å²) in [4.78, 5) is 35.2. The number of anilines is 1. The van der Waals surface area contributed by atoms with Gasteiger partial charge in [0.1, 0.15) is 23.2 Å². The Morgan fingerprint density at radius 1 is 1.27 bits per heavy atom. The van der Waals surface area contributed by atoms with Crippen molar-refractivity contribution < 1.29 is 23.5 Å². The number of aryl methyl sites for hydroxylation is 1. The predicted octanol–water partition coefficient (Wildman–Crippen LogP) is 2.13. The van der Waals surface area contributed by atoms with E-state index in [0.29, 0.717) is 31.6 Å². The van der Waals surface area contributed by atoms with Gasteiger partial charge in [-0.2, -0.15) is 0 Å². The highest BCUT2D eigenvalue weighted by atomic mass is 19.1. The minimum absolute atomic E-state index is 0.178. The maximum absolute atomic E-state index is 13.6. The summed E-state index contributed by atoms with van der Waals surface area (Å²) in [5.41, 5.74) is -0.428. The highest BCUT2D eigenvalue weighted by Gasteiger charge is 2.51. The molecule has 0 bridgehead atoms. The van der Waals surface area contributed by atoms with Gasteiger partial charge in [-0.05, 0) is 50.8 Å². The van der Waals surface area contributed by atoms with Crippen molar-refractivity contribution in [2.75, 3.05) is 11.4 Å². The Balaban J connectivity index is 1.52. The van der Waals surface area contributed by atoms with Crippen LogP contribution in [0.3, 0.4) is 0 Å². The first kappa shape index (κ1) is 20.3. The number of rotatable bonds is 3. The molecule has 4 rings (SSSR count). The summed E-state index contributed by atoms with van der Waals surface area (Å²) >= 11 is 0. The number of aromatic nitrogens is 2. The largest absolute Gasteiger partial charge is 0.391 e. The van der Waals surface area contributed by atoms with E-state index in [1.165, 1.54) is 17.2 Å². The molecule has 2 heterocycles. The van der Waals surface area contributed by atoms with Crippen LogP contribution in [0.15, 0.2) is 30.5 Å². The molecular formula is C21H22F2N4O3. The van der Waals surface area contributed by atoms with Crippen LogP contribution in [0.5, 0.6) is 0 Å². The van der Waals surface area contributed by atoms with E-state index in [-0.39, 0.29) is 23.7 Å². The molecule has 1 spiro atoms. The number of amides is 2. The summed E-state index contributed by atoms with van der Waals surface area (Å²) in [6, 6.07) is 3.88. The third-order valence-electron chi connectivity index (χ3n) is 5.99. The molecule has 2 fully saturated rings. The van der Waals surface area contributed by atoms with Gasteiger partial charge in [-0.3, -0.25) is 9.59 Å². The number of carbonyl (C=O) groups is 2. The number of nitrogens with one attached hydrogen (secondary N) is 1. The number of aliphatic hydroxyl groups excluding tert-OH is 1. The summed E-state index contributed by atoms with van der Waals surface area (Å²) in [5, 5.41) is 13.2. The van der Waals surface area contributed by atoms with Crippen LogP contribution in [0.1, 0.15) is 42.0 Å². The van der Waals surface area contributed by atoms with Crippen molar-refractivity contribution in [1.82, 2.24) is 15.3 Å². The fourth-order valence-corrected chi connectivity index (χ4v) is 4.44. The Labute approximate surface area is 172 Å². The summed E-state index contributed by atoms with van der Waals surface area (Å²) in [5.74, 6) is -1.73. The lowest BCUT2D eigenvalue weighted by Crippen LogP contribution is -2.52. The molecule has 30 heavy (non-hydrogen) atoms. The Kier molecular flexibility index (Phi) is 5.23. The number of aliphatic hydroxyl groups is 1. The Bertz CT molecular complexity index is 982. The van der Waals surface area contributed by atoms with Crippen LogP contribution in [-0.4, -0.2) is 45.6 Å². The predicted molar refractivity (Wildman–Crippen MR) is 104 cm³/mol. The van der Waals surface area contributed by atoms with Crippen LogP contribution in [0.25, 0.3) is 0 Å². The number of hydrogen-bond donors (Lipinski definition) is 2. The third-order valence-corrected chi connectivity index (χ3v) is 5.99. The SMILES string of the molecule is Cc1nccc(C(=O)NC2CC3(CCC2O)CCN(c2cc(F)cc(F)c2)C3=O)n1. The minimum atomic E-state index is -0.795. The molecule has 9 heteroatoms. The van der Waals surface area contributed by atoms with Crippen molar-refractivity contribution in [2.24, 2.45) is 5.41 Å². The Morgan fingerprint density at radius 3 is 2.70 bits per heavy atom. The van der Waals surface area contributed by atoms with Crippen molar-refractivity contribution in [1.29, 1.82) is 0 Å². The maximum atomic E-state index is 13.6. The van der Waals surface area contributed by atoms with Crippen molar-refractivity contribution in [3.05, 3.63) is 53.6 Å². The summed E-state index contributed by atoms with van der Waals surface area (Å²) in [6.07, 6.45) is 2.20. The molecule has 1 aromatic heterocycles. The smallest absolute Gasteiger partial charge is 0.270 e. The molecule has 1 aliphatic heterocycles. The first-order chi connectivity index (χ1) is 14.3. The van der Waals surface area contributed by atoms with Crippen molar-refractivity contribution >= 4 is 17.5 Å². The lowest BCUT2D eigenvalue weighted by Gasteiger charge is -2.39. The zero-order chi connectivity index (χ0) is 21.5. The van der Waals surface area contributed by atoms with Crippen LogP contribution >= 0.6 is 0 Å². The van der Waals surface area contributed by atoms with Gasteiger partial charge >= 0.3 is 0 Å². The first-order valence-electron chi connectivity index (χ1n) is 9.84. The zero-order valence-electron chi connectivity index (χ0n) is 16.4. The standard InChI is InChI=1S/C21H22F2N4O3/c1-12-24-6-3-16(25-12)19(29)26-17-11-21(4-2-18(17)28)5-7-27(20(21)30)15-9-13(22)8-14(23)10-15/h3,6,8-10,17-18,28H,2,4-5,7,11H2,1H3,(H,26,29). The quantitative estimate of drug-likeness (QED) is 0.799. The van der Waals surface area contributed by atoms with Gasteiger partial charge in [-0.15, -0.1) is 0 Å². The zero-order valence-corrected chi connectivity index (χ0v) is 16.4. The molecule has 3 atom stereocenters. The molecule has 158 valence electrons. The molecule has 1 saturated heterocycles. The maximum Gasteiger partial charge on any atom is 0.270 e. The molecular weight excluding hydrogens is 394 g/mol. The van der Waals surface area contributed by atoms with Crippen molar-refractivity contribution in [2.45, 2.75) is 44.8 Å². The number of halogens is 2. The van der Waals surface area contributed by atoms with Gasteiger partial charge < -0.3 is 15.3 Å². The van der Waals surface area contributed by atoms with Crippen molar-refractivity contribution in [3.63, 3.8) is 0 Å². The van der Waals surface area contributed by atoms with Crippen molar-refractivity contribution in [3.8, 4) is 0 Å². The van der Waals surface area contributed by atoms with Crippen LogP contribution in [0.4, 0.5) is 14.5 Å². The van der Waals surface area contributed by atoms with E-state index in [2.05, 4.69) is 15.3 Å². The van der Waals surface area contributed by atoms with E-state index >= 15 is 0 Å². The van der Waals surface area contributed by atoms with Gasteiger partial charge in [0.25, 0.3) is 5.91 Å². The molecule has 2 aliphatic rings. The second-order valence-electron chi connectivity index (χ2n) is 7.99. The molecule has 3 unspecified atom stereocenters. The number of hydrogen-bond acceptors (Lipinski definition) is 5. The molecule has 2 aromatic rings. The molecule has 1 aromatic carbocycles. The summed E-state index contributed by atoms with van der Waals surface area (Å²) < 4.78 is 27.2. The topological polar surface area (TPSA) is 95.4 Å². The van der Waals surface area contributed by atoms with Crippen LogP contribution in [-0.2, 0) is 4.79 Å². The fourth-order valence-electron chi connectivity index (χ4n) is 4.44. The van der Waals surface area contributed by atoms with Gasteiger partial charge in [0.05, 0.1) is 17.6 Å². The van der Waals surface area contributed by atoms with Crippen LogP contribution < -0.4 is 10.2 Å². The van der Waals surface area contributed by atoms with Gasteiger partial charge in [-0.1, -0.05) is 0 Å². The van der Waals surface area contributed by atoms with E-state index in [1.54, 1.807) is 6.92 Å². The number of nitrogens with zero attached hydrogens (tertiary/aromatic N) is 3. The minimum Gasteiger partial charge on any atom is -0.391 e. The van der Waals surface area contributed by atoms with E-state index in [4.69, 9.17) is 0 Å². The normalized spacial score (nSPS) is 26.3. The highest BCUT2D eigenvalue weighted by Crippen LogP contribution is 2.46. The van der Waals surface area contributed by atoms with Crippen LogP contribution in [0, 0.1) is 24.0 Å². The first-order valence-corrected chi connectivity index (χ1v) is 9.84. The average Bonchev–Trinajstić information content (AvgIpc) is 3.00. The van der Waals surface area contributed by atoms with Gasteiger partial charge in [-0.25, -0.2) is 18.7 Å². The van der Waals surface area contributed by atoms with Gasteiger partial charge in [0, 0.05) is 24.5 Å². The van der Waals surface area contributed by atoms with E-state index in [1.807, 2.05) is 0 Å². The molecule has 7 nitrogen and oxygen atoms in total. The molecule has 0 radical (unpaired) electrons. The highest BCUT2D eigenvalue weighted by molar-refractivity contribution is 6.00. The number of benzene rings is 1. The second kappa shape index (κ2) is 7.71. The number of carbonyl (C=O) groups excluding carboxylic acids is 2. The fraction of sp³-hybridized carbons (Fsp3) is 0.429. The average molecular weight is 416 g/mol. The summed E-state index contributed by atoms with van der Waals surface area (Å²) in [6.45, 7) is 1.99. The lowest BCUT2D eigenvalue weighted by atomic mass is 9.70. The summed E-state index contributed by atoms with van der Waals surface area (Å²) in [7, 11) is 0. The van der Waals surface area contributed by atoms with Crippen LogP contribution in [0.2, 0.25) is 0 Å². The monoisotopic (exact) mass is 416 g/mol. The molecule has 2 N–H and O–H groups in total. The lowest BCUT2D eigenvalue weighted by molar-refractivity contribution is -0.129. The van der Waals surface area contributed by atoms with Gasteiger partial charge in [0.15, 0.2) is 0 Å². The van der Waals surface area contributed by atoms with E-state index in [9.17, 15) is 23.5 Å². The molecule has 1 saturated carbocycles. The second-order valence-corrected chi connectivity index (χ2v) is 7.99. The molecule has 2 amide bonds. The molecule has 1 aliphatic carbocycles. The Hall–Kier alpha value is -2.94. The van der Waals surface area contributed by atoms with E-state index in [0.717, 1.165) is 18.2 Å². The Morgan fingerprint density at radius 2 is 2.00 bits per heavy atom. The van der Waals surface area contributed by atoms with Gasteiger partial charge in [0.2, 0.25) is 5.91 Å².